The molecule has 0 amide bonds. The standard InChI is InChI=1S/C55H35N3/c1-2-16-41-36(13-1)14-11-25-42(41)37-26-28-38(29-27-37)53-34-54(58-55(57-53)40-15-12-32-56-35-40)39-30-31-51-49-23-8-7-21-47(49)45-19-4-3-17-43(45)44-18-5-6-20-46(44)48-22-9-10-24-50(48)52(51)33-39/h1-35H. The first-order valence-electron chi connectivity index (χ1n) is 19.7. The van der Waals surface area contributed by atoms with E-state index in [0.717, 1.165) is 33.5 Å². The van der Waals surface area contributed by atoms with Crippen molar-refractivity contribution in [3.63, 3.8) is 0 Å². The first-order valence-corrected chi connectivity index (χ1v) is 19.7. The van der Waals surface area contributed by atoms with Gasteiger partial charge in [0.05, 0.1) is 11.4 Å². The zero-order chi connectivity index (χ0) is 38.4. The second kappa shape index (κ2) is 14.1. The molecule has 0 spiro atoms. The summed E-state index contributed by atoms with van der Waals surface area (Å²) < 4.78 is 0. The molecule has 2 aromatic heterocycles. The lowest BCUT2D eigenvalue weighted by atomic mass is 9.93. The van der Waals surface area contributed by atoms with Crippen LogP contribution in [-0.2, 0) is 0 Å². The zero-order valence-corrected chi connectivity index (χ0v) is 31.5. The maximum Gasteiger partial charge on any atom is 0.161 e. The lowest BCUT2D eigenvalue weighted by Crippen LogP contribution is -1.96. The summed E-state index contributed by atoms with van der Waals surface area (Å²) >= 11 is 0. The van der Waals surface area contributed by atoms with Crippen LogP contribution in [0.5, 0.6) is 0 Å². The number of rotatable bonds is 4. The Bertz CT molecular complexity index is 3360. The summed E-state index contributed by atoms with van der Waals surface area (Å²) in [7, 11) is 0. The van der Waals surface area contributed by atoms with E-state index in [1.807, 2.05) is 18.3 Å². The van der Waals surface area contributed by atoms with Gasteiger partial charge in [0.2, 0.25) is 0 Å². The summed E-state index contributed by atoms with van der Waals surface area (Å²) in [5.41, 5.74) is 6.97. The number of hydrogen-bond acceptors (Lipinski definition) is 3. The fourth-order valence-corrected chi connectivity index (χ4v) is 8.64. The van der Waals surface area contributed by atoms with Gasteiger partial charge in [-0.25, -0.2) is 9.97 Å². The molecule has 0 bridgehead atoms. The minimum absolute atomic E-state index is 0.634. The molecular formula is C55H35N3. The maximum absolute atomic E-state index is 5.24. The van der Waals surface area contributed by atoms with Crippen LogP contribution >= 0.6 is 0 Å². The van der Waals surface area contributed by atoms with Crippen molar-refractivity contribution >= 4 is 64.6 Å². The number of fused-ring (bicyclic) bond motifs is 11. The van der Waals surface area contributed by atoms with Crippen LogP contribution in [0.1, 0.15) is 0 Å². The van der Waals surface area contributed by atoms with Gasteiger partial charge in [-0.15, -0.1) is 0 Å². The van der Waals surface area contributed by atoms with Crippen LogP contribution in [-0.4, -0.2) is 15.0 Å². The molecule has 11 rings (SSSR count). The third kappa shape index (κ3) is 5.80. The van der Waals surface area contributed by atoms with Crippen molar-refractivity contribution in [2.24, 2.45) is 0 Å². The summed E-state index contributed by atoms with van der Waals surface area (Å²) in [6.07, 6.45) is 3.62. The van der Waals surface area contributed by atoms with Crippen LogP contribution in [0.4, 0.5) is 0 Å². The summed E-state index contributed by atoms with van der Waals surface area (Å²) in [6.45, 7) is 0. The molecule has 0 N–H and O–H groups in total. The lowest BCUT2D eigenvalue weighted by Gasteiger charge is -2.12. The molecule has 3 heteroatoms. The Kier molecular flexibility index (Phi) is 8.15. The molecule has 3 nitrogen and oxygen atoms in total. The minimum Gasteiger partial charge on any atom is -0.264 e. The smallest absolute Gasteiger partial charge is 0.161 e. The fraction of sp³-hybridized carbons (Fsp3) is 0. The highest BCUT2D eigenvalue weighted by Crippen LogP contribution is 2.38. The van der Waals surface area contributed by atoms with E-state index in [4.69, 9.17) is 9.97 Å². The average Bonchev–Trinajstić information content (AvgIpc) is 3.31. The van der Waals surface area contributed by atoms with E-state index >= 15 is 0 Å². The number of benzene rings is 8. The molecular weight excluding hydrogens is 703 g/mol. The van der Waals surface area contributed by atoms with E-state index in [0.29, 0.717) is 5.82 Å². The van der Waals surface area contributed by atoms with Gasteiger partial charge in [0, 0.05) is 29.1 Å². The lowest BCUT2D eigenvalue weighted by molar-refractivity contribution is 1.17. The molecule has 0 saturated carbocycles. The largest absolute Gasteiger partial charge is 0.264 e. The quantitative estimate of drug-likeness (QED) is 0.181. The summed E-state index contributed by atoms with van der Waals surface area (Å²) in [5.74, 6) is 0.634. The Hall–Kier alpha value is -7.75. The average molecular weight is 738 g/mol. The molecule has 9 aromatic carbocycles. The first kappa shape index (κ1) is 33.6. The normalized spacial score (nSPS) is 11.4. The molecule has 0 aliphatic heterocycles. The van der Waals surface area contributed by atoms with Gasteiger partial charge in [0.1, 0.15) is 0 Å². The minimum atomic E-state index is 0.634. The molecule has 0 aliphatic carbocycles. The number of nitrogens with zero attached hydrogens (tertiary/aromatic N) is 3. The van der Waals surface area contributed by atoms with Crippen molar-refractivity contribution in [1.29, 1.82) is 0 Å². The Morgan fingerprint density at radius 1 is 0.276 bits per heavy atom. The van der Waals surface area contributed by atoms with Gasteiger partial charge in [-0.3, -0.25) is 4.98 Å². The molecule has 0 fully saturated rings. The van der Waals surface area contributed by atoms with Crippen molar-refractivity contribution in [3.8, 4) is 45.0 Å². The van der Waals surface area contributed by atoms with E-state index in [-0.39, 0.29) is 0 Å². The second-order valence-corrected chi connectivity index (χ2v) is 14.8. The molecule has 2 heterocycles. The zero-order valence-electron chi connectivity index (χ0n) is 31.5. The van der Waals surface area contributed by atoms with Crippen molar-refractivity contribution < 1.29 is 0 Å². The third-order valence-electron chi connectivity index (χ3n) is 11.4. The second-order valence-electron chi connectivity index (χ2n) is 14.8. The SMILES string of the molecule is c1cncc(-c2nc(-c3ccc(-c4cccc5ccccc45)cc3)cc(-c3ccc4c5ccccc5c5ccccc5c5ccccc5c5ccccc5c4c3)n2)c1. The van der Waals surface area contributed by atoms with Gasteiger partial charge >= 0.3 is 0 Å². The predicted molar refractivity (Wildman–Crippen MR) is 244 cm³/mol. The number of hydrogen-bond donors (Lipinski definition) is 0. The molecule has 0 unspecified atom stereocenters. The van der Waals surface area contributed by atoms with Gasteiger partial charge in [-0.1, -0.05) is 176 Å². The van der Waals surface area contributed by atoms with E-state index in [1.165, 1.54) is 70.4 Å². The topological polar surface area (TPSA) is 38.7 Å². The summed E-state index contributed by atoms with van der Waals surface area (Å²) in [4.78, 5) is 14.8. The van der Waals surface area contributed by atoms with Crippen LogP contribution in [0.2, 0.25) is 0 Å². The first-order chi connectivity index (χ1) is 28.8. The van der Waals surface area contributed by atoms with Gasteiger partial charge in [-0.05, 0) is 100 Å². The monoisotopic (exact) mass is 737 g/mol. The molecule has 0 atom stereocenters. The number of pyridine rings is 1. The summed E-state index contributed by atoms with van der Waals surface area (Å²) in [5, 5.41) is 14.4. The highest BCUT2D eigenvalue weighted by atomic mass is 14.9. The van der Waals surface area contributed by atoms with Crippen LogP contribution in [0.15, 0.2) is 213 Å². The van der Waals surface area contributed by atoms with E-state index < -0.39 is 0 Å². The Balaban J connectivity index is 1.17. The molecule has 0 saturated heterocycles. The number of aromatic nitrogens is 3. The molecule has 11 aromatic rings. The predicted octanol–water partition coefficient (Wildman–Crippen LogP) is 14.6. The van der Waals surface area contributed by atoms with E-state index in [9.17, 15) is 0 Å². The highest BCUT2D eigenvalue weighted by Gasteiger charge is 2.14. The Morgan fingerprint density at radius 3 is 1.28 bits per heavy atom. The molecule has 0 radical (unpaired) electrons. The van der Waals surface area contributed by atoms with Crippen molar-refractivity contribution in [2.45, 2.75) is 0 Å². The van der Waals surface area contributed by atoms with E-state index in [1.54, 1.807) is 6.20 Å². The fourth-order valence-electron chi connectivity index (χ4n) is 8.64. The van der Waals surface area contributed by atoms with Gasteiger partial charge in [0.25, 0.3) is 0 Å². The van der Waals surface area contributed by atoms with Crippen molar-refractivity contribution in [2.75, 3.05) is 0 Å². The van der Waals surface area contributed by atoms with Crippen LogP contribution < -0.4 is 0 Å². The molecule has 58 heavy (non-hydrogen) atoms. The summed E-state index contributed by atoms with van der Waals surface area (Å²) in [6, 6.07) is 71.9. The Labute approximate surface area is 335 Å². The van der Waals surface area contributed by atoms with Crippen molar-refractivity contribution in [1.82, 2.24) is 15.0 Å². The van der Waals surface area contributed by atoms with Gasteiger partial charge < -0.3 is 0 Å². The third-order valence-corrected chi connectivity index (χ3v) is 11.4. The molecule has 270 valence electrons. The maximum atomic E-state index is 5.24. The van der Waals surface area contributed by atoms with Gasteiger partial charge in [0.15, 0.2) is 5.82 Å². The van der Waals surface area contributed by atoms with E-state index in [2.05, 4.69) is 193 Å². The van der Waals surface area contributed by atoms with Crippen molar-refractivity contribution in [3.05, 3.63) is 213 Å². The highest BCUT2D eigenvalue weighted by molar-refractivity contribution is 6.26. The Morgan fingerprint density at radius 2 is 0.724 bits per heavy atom. The van der Waals surface area contributed by atoms with Crippen LogP contribution in [0.25, 0.3) is 110 Å². The molecule has 0 aliphatic rings. The van der Waals surface area contributed by atoms with Gasteiger partial charge in [-0.2, -0.15) is 0 Å². The van der Waals surface area contributed by atoms with Crippen LogP contribution in [0, 0.1) is 0 Å². The van der Waals surface area contributed by atoms with Crippen LogP contribution in [0.3, 0.4) is 0 Å².